The summed E-state index contributed by atoms with van der Waals surface area (Å²) in [5, 5.41) is 12.3. The van der Waals surface area contributed by atoms with Gasteiger partial charge in [-0.2, -0.15) is 0 Å². The fraction of sp³-hybridized carbons (Fsp3) is 0.278. The molecule has 24 heavy (non-hydrogen) atoms. The zero-order valence-corrected chi connectivity index (χ0v) is 13.9. The molecule has 0 radical (unpaired) electrons. The highest BCUT2D eigenvalue weighted by Gasteiger charge is 2.21. The van der Waals surface area contributed by atoms with E-state index in [1.807, 2.05) is 6.07 Å². The normalized spacial score (nSPS) is 11.0. The number of urea groups is 1. The summed E-state index contributed by atoms with van der Waals surface area (Å²) < 4.78 is 19.8. The van der Waals surface area contributed by atoms with Crippen molar-refractivity contribution in [3.05, 3.63) is 54.3 Å². The van der Waals surface area contributed by atoms with Gasteiger partial charge in [-0.3, -0.25) is 0 Å². The number of nitrogens with zero attached hydrogens (tertiary/aromatic N) is 1. The van der Waals surface area contributed by atoms with Crippen molar-refractivity contribution < 1.29 is 19.0 Å². The highest BCUT2D eigenvalue weighted by Crippen LogP contribution is 2.31. The number of benzene rings is 2. The number of amides is 2. The topological polar surface area (TPSA) is 61.8 Å². The Labute approximate surface area is 140 Å². The Balaban J connectivity index is 2.19. The molecule has 2 aromatic carbocycles. The largest absolute Gasteiger partial charge is 0.455 e. The van der Waals surface area contributed by atoms with Crippen molar-refractivity contribution in [2.45, 2.75) is 19.4 Å². The monoisotopic (exact) mass is 332 g/mol. The average molecular weight is 332 g/mol. The van der Waals surface area contributed by atoms with Gasteiger partial charge in [0.25, 0.3) is 0 Å². The van der Waals surface area contributed by atoms with E-state index in [0.717, 1.165) is 0 Å². The predicted octanol–water partition coefficient (Wildman–Crippen LogP) is 3.85. The molecule has 0 aliphatic rings. The highest BCUT2D eigenvalue weighted by atomic mass is 19.1. The van der Waals surface area contributed by atoms with Gasteiger partial charge in [0.2, 0.25) is 0 Å². The molecule has 0 atom stereocenters. The van der Waals surface area contributed by atoms with E-state index in [4.69, 9.17) is 4.74 Å². The van der Waals surface area contributed by atoms with Gasteiger partial charge in [0.15, 0.2) is 11.6 Å². The Morgan fingerprint density at radius 1 is 1.21 bits per heavy atom. The number of para-hydroxylation sites is 2. The number of likely N-dealkylation sites (N-methyl/N-ethyl adjacent to an activating group) is 1. The van der Waals surface area contributed by atoms with Crippen LogP contribution in [0.2, 0.25) is 0 Å². The van der Waals surface area contributed by atoms with Crippen LogP contribution in [0, 0.1) is 5.82 Å². The second kappa shape index (κ2) is 7.31. The lowest BCUT2D eigenvalue weighted by Crippen LogP contribution is -2.41. The van der Waals surface area contributed by atoms with E-state index in [2.05, 4.69) is 5.32 Å². The molecule has 0 saturated carbocycles. The molecule has 0 saturated heterocycles. The highest BCUT2D eigenvalue weighted by molar-refractivity contribution is 5.91. The minimum absolute atomic E-state index is 0.0473. The quantitative estimate of drug-likeness (QED) is 0.874. The zero-order chi connectivity index (χ0) is 17.7. The van der Waals surface area contributed by atoms with Crippen LogP contribution >= 0.6 is 0 Å². The summed E-state index contributed by atoms with van der Waals surface area (Å²) in [5.74, 6) is 0.128. The second-order valence-corrected chi connectivity index (χ2v) is 6.13. The van der Waals surface area contributed by atoms with Crippen molar-refractivity contribution in [2.75, 3.05) is 18.9 Å². The molecule has 5 nitrogen and oxygen atoms in total. The first-order valence-corrected chi connectivity index (χ1v) is 7.52. The van der Waals surface area contributed by atoms with Crippen LogP contribution in [-0.2, 0) is 0 Å². The van der Waals surface area contributed by atoms with Crippen LogP contribution in [0.15, 0.2) is 48.5 Å². The van der Waals surface area contributed by atoms with Crippen molar-refractivity contribution in [1.29, 1.82) is 0 Å². The van der Waals surface area contributed by atoms with Crippen molar-refractivity contribution in [2.24, 2.45) is 0 Å². The van der Waals surface area contributed by atoms with Crippen molar-refractivity contribution >= 4 is 11.7 Å². The molecule has 0 unspecified atom stereocenters. The SMILES string of the molecule is CN(CC(C)(C)O)C(=O)Nc1c(F)cccc1Oc1ccccc1. The molecule has 2 amide bonds. The van der Waals surface area contributed by atoms with Gasteiger partial charge in [0.1, 0.15) is 11.4 Å². The maximum absolute atomic E-state index is 14.2. The first-order valence-electron chi connectivity index (χ1n) is 7.52. The van der Waals surface area contributed by atoms with Crippen LogP contribution < -0.4 is 10.1 Å². The summed E-state index contributed by atoms with van der Waals surface area (Å²) in [6.45, 7) is 3.27. The van der Waals surface area contributed by atoms with Crippen LogP contribution in [0.25, 0.3) is 0 Å². The first kappa shape index (κ1) is 17.7. The number of hydrogen-bond donors (Lipinski definition) is 2. The van der Waals surface area contributed by atoms with Crippen molar-refractivity contribution in [3.63, 3.8) is 0 Å². The number of ether oxygens (including phenoxy) is 1. The van der Waals surface area contributed by atoms with Gasteiger partial charge in [-0.15, -0.1) is 0 Å². The molecule has 0 bridgehead atoms. The van der Waals surface area contributed by atoms with Gasteiger partial charge in [0.05, 0.1) is 12.1 Å². The van der Waals surface area contributed by atoms with E-state index in [0.29, 0.717) is 5.75 Å². The number of nitrogens with one attached hydrogen (secondary N) is 1. The van der Waals surface area contributed by atoms with Gasteiger partial charge in [0, 0.05) is 7.05 Å². The number of carbonyl (C=O) groups is 1. The minimum atomic E-state index is -1.05. The van der Waals surface area contributed by atoms with E-state index in [1.54, 1.807) is 44.2 Å². The lowest BCUT2D eigenvalue weighted by Gasteiger charge is -2.26. The number of rotatable bonds is 5. The molecule has 2 rings (SSSR count). The van der Waals surface area contributed by atoms with Crippen LogP contribution in [0.3, 0.4) is 0 Å². The second-order valence-electron chi connectivity index (χ2n) is 6.13. The fourth-order valence-corrected chi connectivity index (χ4v) is 2.18. The maximum atomic E-state index is 14.2. The number of aliphatic hydroxyl groups is 1. The van der Waals surface area contributed by atoms with E-state index in [1.165, 1.54) is 24.1 Å². The molecule has 0 aromatic heterocycles. The molecule has 0 heterocycles. The lowest BCUT2D eigenvalue weighted by atomic mass is 10.1. The summed E-state index contributed by atoms with van der Waals surface area (Å²) in [7, 11) is 1.52. The fourth-order valence-electron chi connectivity index (χ4n) is 2.18. The van der Waals surface area contributed by atoms with Crippen molar-refractivity contribution in [1.82, 2.24) is 4.90 Å². The standard InChI is InChI=1S/C18H21FN2O3/c1-18(2,23)12-21(3)17(22)20-16-14(19)10-7-11-15(16)24-13-8-5-4-6-9-13/h4-11,23H,12H2,1-3H3,(H,20,22). The number of hydrogen-bond acceptors (Lipinski definition) is 3. The first-order chi connectivity index (χ1) is 11.3. The molecule has 0 aliphatic heterocycles. The van der Waals surface area contributed by atoms with E-state index < -0.39 is 17.4 Å². The molecule has 0 fully saturated rings. The Hall–Kier alpha value is -2.60. The smallest absolute Gasteiger partial charge is 0.321 e. The van der Waals surface area contributed by atoms with Crippen LogP contribution in [0.4, 0.5) is 14.9 Å². The zero-order valence-electron chi connectivity index (χ0n) is 13.9. The van der Waals surface area contributed by atoms with E-state index in [-0.39, 0.29) is 18.0 Å². The van der Waals surface area contributed by atoms with Crippen LogP contribution in [-0.4, -0.2) is 35.2 Å². The Bertz CT molecular complexity index is 699. The van der Waals surface area contributed by atoms with Gasteiger partial charge in [-0.25, -0.2) is 9.18 Å². The van der Waals surface area contributed by atoms with Crippen LogP contribution in [0.1, 0.15) is 13.8 Å². The minimum Gasteiger partial charge on any atom is -0.455 e. The third-order valence-corrected chi connectivity index (χ3v) is 3.15. The van der Waals surface area contributed by atoms with Gasteiger partial charge in [-0.1, -0.05) is 24.3 Å². The Morgan fingerprint density at radius 3 is 2.50 bits per heavy atom. The number of halogens is 1. The third kappa shape index (κ3) is 4.96. The Morgan fingerprint density at radius 2 is 1.88 bits per heavy atom. The molecule has 128 valence electrons. The predicted molar refractivity (Wildman–Crippen MR) is 90.9 cm³/mol. The maximum Gasteiger partial charge on any atom is 0.321 e. The van der Waals surface area contributed by atoms with E-state index >= 15 is 0 Å². The summed E-state index contributed by atoms with van der Waals surface area (Å²) in [5.41, 5.74) is -1.10. The van der Waals surface area contributed by atoms with Crippen LogP contribution in [0.5, 0.6) is 11.5 Å². The number of carbonyl (C=O) groups excluding carboxylic acids is 1. The summed E-state index contributed by atoms with van der Waals surface area (Å²) >= 11 is 0. The molecule has 2 N–H and O–H groups in total. The molecule has 6 heteroatoms. The van der Waals surface area contributed by atoms with Crippen molar-refractivity contribution in [3.8, 4) is 11.5 Å². The lowest BCUT2D eigenvalue weighted by molar-refractivity contribution is 0.0550. The molecular formula is C18H21FN2O3. The molecule has 0 aliphatic carbocycles. The molecular weight excluding hydrogens is 311 g/mol. The Kier molecular flexibility index (Phi) is 5.41. The molecule has 0 spiro atoms. The molecule has 2 aromatic rings. The third-order valence-electron chi connectivity index (χ3n) is 3.15. The summed E-state index contributed by atoms with van der Waals surface area (Å²) in [4.78, 5) is 13.5. The number of anilines is 1. The van der Waals surface area contributed by atoms with E-state index in [9.17, 15) is 14.3 Å². The van der Waals surface area contributed by atoms with Gasteiger partial charge in [-0.05, 0) is 38.1 Å². The van der Waals surface area contributed by atoms with Gasteiger partial charge >= 0.3 is 6.03 Å². The average Bonchev–Trinajstić information content (AvgIpc) is 2.50. The van der Waals surface area contributed by atoms with Gasteiger partial charge < -0.3 is 20.1 Å². The summed E-state index contributed by atoms with van der Waals surface area (Å²) in [6, 6.07) is 12.7. The summed E-state index contributed by atoms with van der Waals surface area (Å²) in [6.07, 6.45) is 0.